The molecular weight excluding hydrogens is 236 g/mol. The second-order valence-electron chi connectivity index (χ2n) is 3.41. The minimum Gasteiger partial charge on any atom is -0.350 e. The lowest BCUT2D eigenvalue weighted by molar-refractivity contribution is -0.132. The number of nitrogens with one attached hydrogen (secondary N) is 1. The first kappa shape index (κ1) is 13.4. The van der Waals surface area contributed by atoms with Crippen molar-refractivity contribution in [2.24, 2.45) is 0 Å². The Hall–Kier alpha value is -1.62. The number of carbonyl (C=O) groups is 2. The molecule has 0 fully saturated rings. The summed E-state index contributed by atoms with van der Waals surface area (Å²) in [6.07, 6.45) is 1.22. The van der Waals surface area contributed by atoms with E-state index in [4.69, 9.17) is 0 Å². The average Bonchev–Trinajstić information content (AvgIpc) is 2.85. The van der Waals surface area contributed by atoms with Crippen molar-refractivity contribution in [2.75, 3.05) is 13.1 Å². The van der Waals surface area contributed by atoms with Crippen molar-refractivity contribution in [1.82, 2.24) is 10.2 Å². The lowest BCUT2D eigenvalue weighted by Gasteiger charge is -2.18. The van der Waals surface area contributed by atoms with Crippen LogP contribution in [-0.2, 0) is 16.1 Å². The number of thiophene rings is 1. The largest absolute Gasteiger partial charge is 0.350 e. The van der Waals surface area contributed by atoms with Crippen molar-refractivity contribution < 1.29 is 9.59 Å². The Balaban J connectivity index is 2.37. The fourth-order valence-electron chi connectivity index (χ4n) is 1.30. The first-order valence-corrected chi connectivity index (χ1v) is 6.25. The standard InChI is InChI=1S/C12H16N2O2S/c1-3-12(16)14(4-2)9-11(15)13-8-10-6-5-7-17-10/h3,5-7H,1,4,8-9H2,2H3,(H,13,15). The molecule has 1 N–H and O–H groups in total. The van der Waals surface area contributed by atoms with Gasteiger partial charge in [0.05, 0.1) is 13.1 Å². The number of carbonyl (C=O) groups excluding carboxylic acids is 2. The lowest BCUT2D eigenvalue weighted by Crippen LogP contribution is -2.39. The summed E-state index contributed by atoms with van der Waals surface area (Å²) in [6.45, 7) is 6.31. The van der Waals surface area contributed by atoms with Crippen LogP contribution in [0.5, 0.6) is 0 Å². The Morgan fingerprint density at radius 1 is 1.59 bits per heavy atom. The van der Waals surface area contributed by atoms with E-state index in [1.54, 1.807) is 11.3 Å². The summed E-state index contributed by atoms with van der Waals surface area (Å²) in [7, 11) is 0. The number of nitrogens with zero attached hydrogens (tertiary/aromatic N) is 1. The second kappa shape index (κ2) is 6.85. The highest BCUT2D eigenvalue weighted by atomic mass is 32.1. The van der Waals surface area contributed by atoms with Gasteiger partial charge in [0, 0.05) is 11.4 Å². The Morgan fingerprint density at radius 3 is 2.88 bits per heavy atom. The lowest BCUT2D eigenvalue weighted by atomic mass is 10.4. The summed E-state index contributed by atoms with van der Waals surface area (Å²) in [5.41, 5.74) is 0. The van der Waals surface area contributed by atoms with E-state index in [1.165, 1.54) is 11.0 Å². The van der Waals surface area contributed by atoms with Crippen LogP contribution in [0.15, 0.2) is 30.2 Å². The molecule has 0 aliphatic heterocycles. The van der Waals surface area contributed by atoms with E-state index < -0.39 is 0 Å². The molecule has 0 spiro atoms. The predicted molar refractivity (Wildman–Crippen MR) is 68.6 cm³/mol. The number of hydrogen-bond donors (Lipinski definition) is 1. The first-order chi connectivity index (χ1) is 8.17. The highest BCUT2D eigenvalue weighted by Gasteiger charge is 2.12. The zero-order valence-electron chi connectivity index (χ0n) is 9.81. The summed E-state index contributed by atoms with van der Waals surface area (Å²) in [4.78, 5) is 25.5. The van der Waals surface area contributed by atoms with Gasteiger partial charge in [0.1, 0.15) is 0 Å². The Bertz CT molecular complexity index is 387. The molecule has 17 heavy (non-hydrogen) atoms. The minimum atomic E-state index is -0.223. The van der Waals surface area contributed by atoms with Gasteiger partial charge in [-0.25, -0.2) is 0 Å². The van der Waals surface area contributed by atoms with Gasteiger partial charge in [0.2, 0.25) is 11.8 Å². The van der Waals surface area contributed by atoms with E-state index in [0.29, 0.717) is 13.1 Å². The van der Waals surface area contributed by atoms with Gasteiger partial charge in [-0.15, -0.1) is 11.3 Å². The van der Waals surface area contributed by atoms with E-state index in [2.05, 4.69) is 11.9 Å². The van der Waals surface area contributed by atoms with Gasteiger partial charge < -0.3 is 10.2 Å². The molecule has 1 aromatic heterocycles. The van der Waals surface area contributed by atoms with Gasteiger partial charge in [-0.2, -0.15) is 0 Å². The van der Waals surface area contributed by atoms with Crippen molar-refractivity contribution in [3.8, 4) is 0 Å². The van der Waals surface area contributed by atoms with E-state index >= 15 is 0 Å². The van der Waals surface area contributed by atoms with Crippen LogP contribution in [0.2, 0.25) is 0 Å². The summed E-state index contributed by atoms with van der Waals surface area (Å²) in [6, 6.07) is 3.89. The minimum absolute atomic E-state index is 0.0761. The van der Waals surface area contributed by atoms with Gasteiger partial charge in [0.15, 0.2) is 0 Å². The maximum Gasteiger partial charge on any atom is 0.246 e. The van der Waals surface area contributed by atoms with Crippen LogP contribution in [0, 0.1) is 0 Å². The van der Waals surface area contributed by atoms with Crippen molar-refractivity contribution in [3.63, 3.8) is 0 Å². The fourth-order valence-corrected chi connectivity index (χ4v) is 1.95. The molecule has 0 aliphatic carbocycles. The molecule has 1 rings (SSSR count). The van der Waals surface area contributed by atoms with Crippen molar-refractivity contribution in [3.05, 3.63) is 35.0 Å². The van der Waals surface area contributed by atoms with E-state index in [1.807, 2.05) is 24.4 Å². The molecule has 92 valence electrons. The van der Waals surface area contributed by atoms with Crippen LogP contribution in [0.3, 0.4) is 0 Å². The first-order valence-electron chi connectivity index (χ1n) is 5.37. The third kappa shape index (κ3) is 4.40. The fraction of sp³-hybridized carbons (Fsp3) is 0.333. The predicted octanol–water partition coefficient (Wildman–Crippen LogP) is 1.40. The Labute approximate surface area is 105 Å². The van der Waals surface area contributed by atoms with Crippen LogP contribution < -0.4 is 5.32 Å². The van der Waals surface area contributed by atoms with Crippen molar-refractivity contribution in [1.29, 1.82) is 0 Å². The third-order valence-electron chi connectivity index (χ3n) is 2.24. The topological polar surface area (TPSA) is 49.4 Å². The van der Waals surface area contributed by atoms with Gasteiger partial charge in [-0.1, -0.05) is 12.6 Å². The van der Waals surface area contributed by atoms with Crippen LogP contribution >= 0.6 is 11.3 Å². The molecular formula is C12H16N2O2S. The van der Waals surface area contributed by atoms with Crippen LogP contribution in [-0.4, -0.2) is 29.8 Å². The molecule has 5 heteroatoms. The SMILES string of the molecule is C=CC(=O)N(CC)CC(=O)NCc1cccs1. The molecule has 0 bridgehead atoms. The Morgan fingerprint density at radius 2 is 2.35 bits per heavy atom. The third-order valence-corrected chi connectivity index (χ3v) is 3.12. The van der Waals surface area contributed by atoms with Crippen molar-refractivity contribution >= 4 is 23.2 Å². The molecule has 0 saturated heterocycles. The Kier molecular flexibility index (Phi) is 5.42. The molecule has 0 aliphatic rings. The highest BCUT2D eigenvalue weighted by molar-refractivity contribution is 7.09. The second-order valence-corrected chi connectivity index (χ2v) is 4.44. The number of hydrogen-bond acceptors (Lipinski definition) is 3. The maximum atomic E-state index is 11.6. The van der Waals surface area contributed by atoms with E-state index in [0.717, 1.165) is 4.88 Å². The average molecular weight is 252 g/mol. The summed E-state index contributed by atoms with van der Waals surface area (Å²) >= 11 is 1.59. The van der Waals surface area contributed by atoms with E-state index in [-0.39, 0.29) is 18.4 Å². The molecule has 0 atom stereocenters. The van der Waals surface area contributed by atoms with Crippen molar-refractivity contribution in [2.45, 2.75) is 13.5 Å². The number of likely N-dealkylation sites (N-methyl/N-ethyl adjacent to an activating group) is 1. The van der Waals surface area contributed by atoms with Gasteiger partial charge in [-0.05, 0) is 24.4 Å². The molecule has 0 saturated carbocycles. The molecule has 0 radical (unpaired) electrons. The number of rotatable bonds is 6. The molecule has 0 unspecified atom stereocenters. The zero-order valence-corrected chi connectivity index (χ0v) is 10.6. The van der Waals surface area contributed by atoms with Gasteiger partial charge in [-0.3, -0.25) is 9.59 Å². The molecule has 4 nitrogen and oxygen atoms in total. The summed E-state index contributed by atoms with van der Waals surface area (Å²) < 4.78 is 0. The summed E-state index contributed by atoms with van der Waals surface area (Å²) in [5.74, 6) is -0.380. The van der Waals surface area contributed by atoms with Gasteiger partial charge >= 0.3 is 0 Å². The van der Waals surface area contributed by atoms with Crippen LogP contribution in [0.25, 0.3) is 0 Å². The maximum absolute atomic E-state index is 11.6. The quantitative estimate of drug-likeness (QED) is 0.778. The molecule has 1 aromatic rings. The molecule has 0 aromatic carbocycles. The number of amides is 2. The van der Waals surface area contributed by atoms with E-state index in [9.17, 15) is 9.59 Å². The van der Waals surface area contributed by atoms with Crippen LogP contribution in [0.4, 0.5) is 0 Å². The zero-order chi connectivity index (χ0) is 12.7. The monoisotopic (exact) mass is 252 g/mol. The van der Waals surface area contributed by atoms with Gasteiger partial charge in [0.25, 0.3) is 0 Å². The molecule has 2 amide bonds. The highest BCUT2D eigenvalue weighted by Crippen LogP contribution is 2.07. The smallest absolute Gasteiger partial charge is 0.246 e. The van der Waals surface area contributed by atoms with Crippen LogP contribution in [0.1, 0.15) is 11.8 Å². The summed E-state index contributed by atoms with van der Waals surface area (Å²) in [5, 5.41) is 4.73. The normalized spacial score (nSPS) is 9.71. The molecule has 1 heterocycles.